The molecule has 2 aromatic rings. The van der Waals surface area contributed by atoms with Gasteiger partial charge in [-0.15, -0.1) is 0 Å². The minimum Gasteiger partial charge on any atom is -0.337 e. The molecule has 3 aliphatic heterocycles. The zero-order valence-corrected chi connectivity index (χ0v) is 14.8. The van der Waals surface area contributed by atoms with Crippen molar-refractivity contribution >= 4 is 11.4 Å². The number of rotatable bonds is 2. The van der Waals surface area contributed by atoms with Gasteiger partial charge in [0.1, 0.15) is 0 Å². The van der Waals surface area contributed by atoms with Crippen LogP contribution in [0, 0.1) is 5.92 Å². The van der Waals surface area contributed by atoms with Crippen molar-refractivity contribution < 1.29 is 0 Å². The Morgan fingerprint density at radius 2 is 1.72 bits per heavy atom. The summed E-state index contributed by atoms with van der Waals surface area (Å²) in [7, 11) is 0. The molecule has 1 aliphatic carbocycles. The van der Waals surface area contributed by atoms with Crippen LogP contribution in [0.4, 0.5) is 11.4 Å². The van der Waals surface area contributed by atoms with Crippen molar-refractivity contribution in [3.8, 4) is 0 Å². The Kier molecular flexibility index (Phi) is 3.07. The molecule has 2 unspecified atom stereocenters. The number of piperidine rings is 1. The lowest BCUT2D eigenvalue weighted by Crippen LogP contribution is -2.45. The molecule has 0 aromatic heterocycles. The van der Waals surface area contributed by atoms with Gasteiger partial charge in [0.25, 0.3) is 0 Å². The smallest absolute Gasteiger partial charge is 0.0483 e. The summed E-state index contributed by atoms with van der Waals surface area (Å²) in [6.45, 7) is 3.88. The second-order valence-corrected chi connectivity index (χ2v) is 8.52. The standard InChI is InChI=1S/C23H26N2/c1-2-7-21-17(4-1)10-11-18-5-3-6-19-20-15-24(14-16-8-9-16)13-12-22(20)25(21)23(18)19/h1-7,16,20,22H,8-15H2. The van der Waals surface area contributed by atoms with Crippen LogP contribution in [0.15, 0.2) is 42.5 Å². The Morgan fingerprint density at radius 3 is 2.64 bits per heavy atom. The van der Waals surface area contributed by atoms with E-state index in [2.05, 4.69) is 52.3 Å². The molecule has 1 saturated heterocycles. The molecule has 2 nitrogen and oxygen atoms in total. The van der Waals surface area contributed by atoms with Crippen LogP contribution in [0.1, 0.15) is 41.9 Å². The van der Waals surface area contributed by atoms with Crippen LogP contribution < -0.4 is 4.90 Å². The first-order valence-corrected chi connectivity index (χ1v) is 10.1. The van der Waals surface area contributed by atoms with Crippen molar-refractivity contribution in [1.82, 2.24) is 4.90 Å². The first-order chi connectivity index (χ1) is 12.4. The molecule has 2 aromatic carbocycles. The van der Waals surface area contributed by atoms with Gasteiger partial charge >= 0.3 is 0 Å². The molecule has 2 heteroatoms. The van der Waals surface area contributed by atoms with Crippen molar-refractivity contribution in [2.75, 3.05) is 24.5 Å². The zero-order chi connectivity index (χ0) is 16.4. The van der Waals surface area contributed by atoms with E-state index in [-0.39, 0.29) is 0 Å². The number of hydrogen-bond donors (Lipinski definition) is 0. The fraction of sp³-hybridized carbons (Fsp3) is 0.478. The molecule has 1 saturated carbocycles. The van der Waals surface area contributed by atoms with Gasteiger partial charge in [-0.3, -0.25) is 0 Å². The van der Waals surface area contributed by atoms with Gasteiger partial charge in [-0.2, -0.15) is 0 Å². The third-order valence-electron chi connectivity index (χ3n) is 6.91. The maximum Gasteiger partial charge on any atom is 0.0483 e. The highest BCUT2D eigenvalue weighted by atomic mass is 15.2. The summed E-state index contributed by atoms with van der Waals surface area (Å²) < 4.78 is 0. The number of para-hydroxylation sites is 2. The quantitative estimate of drug-likeness (QED) is 0.800. The molecule has 0 amide bonds. The lowest BCUT2D eigenvalue weighted by atomic mass is 9.87. The van der Waals surface area contributed by atoms with E-state index in [1.54, 1.807) is 16.8 Å². The minimum atomic E-state index is 0.658. The highest BCUT2D eigenvalue weighted by molar-refractivity contribution is 5.79. The van der Waals surface area contributed by atoms with Crippen LogP contribution in [0.3, 0.4) is 0 Å². The van der Waals surface area contributed by atoms with E-state index in [0.717, 1.165) is 5.92 Å². The number of hydrogen-bond acceptors (Lipinski definition) is 2. The monoisotopic (exact) mass is 330 g/mol. The third-order valence-corrected chi connectivity index (χ3v) is 6.91. The highest BCUT2D eigenvalue weighted by Crippen LogP contribution is 2.52. The number of anilines is 2. The van der Waals surface area contributed by atoms with Gasteiger partial charge in [-0.25, -0.2) is 0 Å². The van der Waals surface area contributed by atoms with Crippen LogP contribution in [0.2, 0.25) is 0 Å². The fourth-order valence-corrected chi connectivity index (χ4v) is 5.55. The summed E-state index contributed by atoms with van der Waals surface area (Å²) in [6, 6.07) is 16.9. The number of aryl methyl sites for hydroxylation is 2. The fourth-order valence-electron chi connectivity index (χ4n) is 5.55. The van der Waals surface area contributed by atoms with Gasteiger partial charge in [0.05, 0.1) is 0 Å². The van der Waals surface area contributed by atoms with E-state index in [1.165, 1.54) is 63.0 Å². The first-order valence-electron chi connectivity index (χ1n) is 10.1. The molecular weight excluding hydrogens is 304 g/mol. The molecule has 6 rings (SSSR count). The lowest BCUT2D eigenvalue weighted by Gasteiger charge is -2.39. The molecular formula is C23H26N2. The van der Waals surface area contributed by atoms with Crippen LogP contribution in [0.5, 0.6) is 0 Å². The Balaban J connectivity index is 1.45. The van der Waals surface area contributed by atoms with Gasteiger partial charge in [-0.1, -0.05) is 36.4 Å². The predicted octanol–water partition coefficient (Wildman–Crippen LogP) is 4.50. The summed E-state index contributed by atoms with van der Waals surface area (Å²) in [5.41, 5.74) is 7.77. The third kappa shape index (κ3) is 2.20. The summed E-state index contributed by atoms with van der Waals surface area (Å²) >= 11 is 0. The summed E-state index contributed by atoms with van der Waals surface area (Å²) in [5.74, 6) is 1.69. The molecule has 3 heterocycles. The second-order valence-electron chi connectivity index (χ2n) is 8.52. The van der Waals surface area contributed by atoms with Crippen molar-refractivity contribution in [2.24, 2.45) is 5.92 Å². The Morgan fingerprint density at radius 1 is 0.880 bits per heavy atom. The number of nitrogens with zero attached hydrogens (tertiary/aromatic N) is 2. The Labute approximate surface area is 150 Å². The molecule has 2 fully saturated rings. The van der Waals surface area contributed by atoms with Gasteiger partial charge in [0.2, 0.25) is 0 Å². The van der Waals surface area contributed by atoms with E-state index >= 15 is 0 Å². The highest BCUT2D eigenvalue weighted by Gasteiger charge is 2.45. The van der Waals surface area contributed by atoms with Crippen LogP contribution in [-0.4, -0.2) is 30.6 Å². The Hall–Kier alpha value is -1.80. The van der Waals surface area contributed by atoms with Gasteiger partial charge < -0.3 is 9.80 Å². The van der Waals surface area contributed by atoms with Crippen LogP contribution >= 0.6 is 0 Å². The molecule has 4 aliphatic rings. The van der Waals surface area contributed by atoms with E-state index < -0.39 is 0 Å². The topological polar surface area (TPSA) is 6.48 Å². The molecule has 25 heavy (non-hydrogen) atoms. The normalized spacial score (nSPS) is 27.4. The molecule has 128 valence electrons. The molecule has 0 bridgehead atoms. The lowest BCUT2D eigenvalue weighted by molar-refractivity contribution is 0.190. The van der Waals surface area contributed by atoms with E-state index in [4.69, 9.17) is 0 Å². The minimum absolute atomic E-state index is 0.658. The maximum atomic E-state index is 2.76. The molecule has 0 radical (unpaired) electrons. The average Bonchev–Trinajstić information content (AvgIpc) is 3.42. The van der Waals surface area contributed by atoms with Crippen molar-refractivity contribution in [2.45, 2.75) is 44.1 Å². The van der Waals surface area contributed by atoms with Crippen LogP contribution in [-0.2, 0) is 12.8 Å². The maximum absolute atomic E-state index is 2.76. The number of benzene rings is 2. The van der Waals surface area contributed by atoms with E-state index in [9.17, 15) is 0 Å². The largest absolute Gasteiger partial charge is 0.337 e. The summed E-state index contributed by atoms with van der Waals surface area (Å²) in [4.78, 5) is 5.50. The number of likely N-dealkylation sites (tertiary alicyclic amines) is 1. The van der Waals surface area contributed by atoms with Gasteiger partial charge in [0, 0.05) is 43.0 Å². The Bertz CT molecular complexity index is 823. The predicted molar refractivity (Wildman–Crippen MR) is 103 cm³/mol. The number of fused-ring (bicyclic) bond motifs is 5. The van der Waals surface area contributed by atoms with Crippen LogP contribution in [0.25, 0.3) is 0 Å². The molecule has 2 atom stereocenters. The zero-order valence-electron chi connectivity index (χ0n) is 14.8. The molecule has 0 spiro atoms. The van der Waals surface area contributed by atoms with Gasteiger partial charge in [-0.05, 0) is 60.8 Å². The summed E-state index contributed by atoms with van der Waals surface area (Å²) in [6.07, 6.45) is 6.59. The first kappa shape index (κ1) is 14.4. The average molecular weight is 330 g/mol. The molecule has 0 N–H and O–H groups in total. The summed E-state index contributed by atoms with van der Waals surface area (Å²) in [5, 5.41) is 0. The second kappa shape index (κ2) is 5.35. The van der Waals surface area contributed by atoms with Crippen molar-refractivity contribution in [1.29, 1.82) is 0 Å². The van der Waals surface area contributed by atoms with Crippen molar-refractivity contribution in [3.05, 3.63) is 59.2 Å². The van der Waals surface area contributed by atoms with Gasteiger partial charge in [0.15, 0.2) is 0 Å². The van der Waals surface area contributed by atoms with E-state index in [1.807, 2.05) is 0 Å². The SMILES string of the molecule is c1ccc2c(c1)CCc1cccc3c1N2C1CCN(CC2CC2)CC31. The van der Waals surface area contributed by atoms with Crippen molar-refractivity contribution in [3.63, 3.8) is 0 Å². The van der Waals surface area contributed by atoms with E-state index in [0.29, 0.717) is 12.0 Å².